The number of amides is 1. The number of thiophene rings is 1. The molecule has 7 nitrogen and oxygen atoms in total. The van der Waals surface area contributed by atoms with E-state index in [1.165, 1.54) is 55.7 Å². The smallest absolute Gasteiger partial charge is 0.338 e. The molecule has 3 rings (SSSR count). The Morgan fingerprint density at radius 2 is 1.65 bits per heavy atom. The lowest BCUT2D eigenvalue weighted by molar-refractivity contribution is -0.125. The standard InChI is InChI=1S/C21H25ClN2O5S2/c22-18-12-13-20(30-18)31(27,28)24-17-10-8-15(9-11-17)21(26)29-14-19(25)23-16-6-4-2-1-3-5-7-16/h8-13,16,24H,1-7,14H2,(H,23,25). The normalized spacial score (nSPS) is 15.5. The second-order valence-corrected chi connectivity index (χ2v) is 11.1. The Morgan fingerprint density at radius 1 is 1.00 bits per heavy atom. The van der Waals surface area contributed by atoms with E-state index in [4.69, 9.17) is 16.3 Å². The molecule has 10 heteroatoms. The third-order valence-electron chi connectivity index (χ3n) is 4.99. The summed E-state index contributed by atoms with van der Waals surface area (Å²) in [7, 11) is -3.75. The molecule has 2 N–H and O–H groups in total. The Morgan fingerprint density at radius 3 is 2.26 bits per heavy atom. The van der Waals surface area contributed by atoms with Crippen molar-refractivity contribution in [3.63, 3.8) is 0 Å². The number of halogens is 1. The van der Waals surface area contributed by atoms with Crippen LogP contribution in [0.4, 0.5) is 5.69 Å². The Hall–Kier alpha value is -2.10. The number of nitrogens with one attached hydrogen (secondary N) is 2. The molecular formula is C21H25ClN2O5S2. The molecule has 1 saturated carbocycles. The maximum atomic E-state index is 12.3. The van der Waals surface area contributed by atoms with Crippen LogP contribution in [0.15, 0.2) is 40.6 Å². The Labute approximate surface area is 191 Å². The van der Waals surface area contributed by atoms with Gasteiger partial charge in [0.15, 0.2) is 6.61 Å². The van der Waals surface area contributed by atoms with Crippen LogP contribution in [0.2, 0.25) is 4.34 Å². The van der Waals surface area contributed by atoms with Crippen molar-refractivity contribution in [1.82, 2.24) is 5.32 Å². The minimum Gasteiger partial charge on any atom is -0.452 e. The zero-order valence-corrected chi connectivity index (χ0v) is 19.3. The van der Waals surface area contributed by atoms with Crippen LogP contribution in [0.1, 0.15) is 55.3 Å². The van der Waals surface area contributed by atoms with Gasteiger partial charge in [-0.25, -0.2) is 13.2 Å². The van der Waals surface area contributed by atoms with Crippen molar-refractivity contribution in [3.8, 4) is 0 Å². The highest BCUT2D eigenvalue weighted by molar-refractivity contribution is 7.94. The third kappa shape index (κ3) is 7.22. The molecule has 0 aliphatic heterocycles. The molecule has 0 bridgehead atoms. The molecule has 1 amide bonds. The van der Waals surface area contributed by atoms with Gasteiger partial charge in [-0.05, 0) is 49.2 Å². The predicted octanol–water partition coefficient (Wildman–Crippen LogP) is 4.59. The fraction of sp³-hybridized carbons (Fsp3) is 0.429. The summed E-state index contributed by atoms with van der Waals surface area (Å²) in [5.74, 6) is -0.954. The van der Waals surface area contributed by atoms with Crippen molar-refractivity contribution in [3.05, 3.63) is 46.3 Å². The zero-order chi connectivity index (χ0) is 22.3. The molecule has 168 valence electrons. The van der Waals surface area contributed by atoms with Gasteiger partial charge in [0, 0.05) is 11.7 Å². The lowest BCUT2D eigenvalue weighted by Crippen LogP contribution is -2.38. The summed E-state index contributed by atoms with van der Waals surface area (Å²) >= 11 is 6.74. The number of esters is 1. The van der Waals surface area contributed by atoms with Gasteiger partial charge in [0.1, 0.15) is 4.21 Å². The number of ether oxygens (including phenoxy) is 1. The number of rotatable bonds is 7. The maximum absolute atomic E-state index is 12.3. The second-order valence-electron chi connectivity index (χ2n) is 7.43. The van der Waals surface area contributed by atoms with Crippen molar-refractivity contribution in [2.75, 3.05) is 11.3 Å². The van der Waals surface area contributed by atoms with Crippen LogP contribution in [0, 0.1) is 0 Å². The molecule has 0 unspecified atom stereocenters. The van der Waals surface area contributed by atoms with Crippen LogP contribution in [-0.4, -0.2) is 32.9 Å². The SMILES string of the molecule is O=C(COC(=O)c1ccc(NS(=O)(=O)c2ccc(Cl)s2)cc1)NC1CCCCCCC1. The van der Waals surface area contributed by atoms with Crippen molar-refractivity contribution in [1.29, 1.82) is 0 Å². The number of carbonyl (C=O) groups excluding carboxylic acids is 2. The average molecular weight is 485 g/mol. The molecule has 1 heterocycles. The van der Waals surface area contributed by atoms with E-state index in [0.717, 1.165) is 37.0 Å². The Balaban J connectivity index is 1.49. The van der Waals surface area contributed by atoms with E-state index in [1.54, 1.807) is 0 Å². The van der Waals surface area contributed by atoms with E-state index in [-0.39, 0.29) is 28.3 Å². The van der Waals surface area contributed by atoms with Gasteiger partial charge in [-0.3, -0.25) is 9.52 Å². The van der Waals surface area contributed by atoms with Crippen molar-refractivity contribution in [2.45, 2.75) is 55.2 Å². The van der Waals surface area contributed by atoms with Gasteiger partial charge in [-0.1, -0.05) is 43.7 Å². The average Bonchev–Trinajstić information content (AvgIpc) is 3.16. The number of anilines is 1. The molecule has 1 aromatic carbocycles. The van der Waals surface area contributed by atoms with Crippen LogP contribution in [0.25, 0.3) is 0 Å². The quantitative estimate of drug-likeness (QED) is 0.560. The summed E-state index contributed by atoms with van der Waals surface area (Å²) in [6.07, 6.45) is 7.73. The molecule has 0 saturated heterocycles. The molecule has 2 aromatic rings. The summed E-state index contributed by atoms with van der Waals surface area (Å²) in [4.78, 5) is 24.3. The van der Waals surface area contributed by atoms with E-state index in [2.05, 4.69) is 10.0 Å². The van der Waals surface area contributed by atoms with Gasteiger partial charge < -0.3 is 10.1 Å². The topological polar surface area (TPSA) is 102 Å². The first-order valence-electron chi connectivity index (χ1n) is 10.2. The molecule has 0 radical (unpaired) electrons. The van der Waals surface area contributed by atoms with Crippen LogP contribution in [0.3, 0.4) is 0 Å². The number of hydrogen-bond donors (Lipinski definition) is 2. The summed E-state index contributed by atoms with van der Waals surface area (Å²) < 4.78 is 32.6. The first-order valence-corrected chi connectivity index (χ1v) is 12.9. The summed E-state index contributed by atoms with van der Waals surface area (Å²) in [5.41, 5.74) is 0.518. The van der Waals surface area contributed by atoms with Crippen molar-refractivity contribution >= 4 is 50.5 Å². The molecular weight excluding hydrogens is 460 g/mol. The molecule has 0 atom stereocenters. The van der Waals surface area contributed by atoms with E-state index in [0.29, 0.717) is 10.0 Å². The first-order chi connectivity index (χ1) is 14.8. The highest BCUT2D eigenvalue weighted by Crippen LogP contribution is 2.27. The second kappa shape index (κ2) is 11.0. The van der Waals surface area contributed by atoms with Gasteiger partial charge in [0.25, 0.3) is 15.9 Å². The maximum Gasteiger partial charge on any atom is 0.338 e. The van der Waals surface area contributed by atoms with E-state index in [9.17, 15) is 18.0 Å². The van der Waals surface area contributed by atoms with Gasteiger partial charge >= 0.3 is 5.97 Å². The van der Waals surface area contributed by atoms with Crippen molar-refractivity contribution < 1.29 is 22.7 Å². The van der Waals surface area contributed by atoms with Gasteiger partial charge in [-0.15, -0.1) is 11.3 Å². The molecule has 1 fully saturated rings. The minimum absolute atomic E-state index is 0.0938. The zero-order valence-electron chi connectivity index (χ0n) is 16.9. The third-order valence-corrected chi connectivity index (χ3v) is 8.10. The lowest BCUT2D eigenvalue weighted by Gasteiger charge is -2.20. The van der Waals surface area contributed by atoms with Crippen LogP contribution in [0.5, 0.6) is 0 Å². The highest BCUT2D eigenvalue weighted by Gasteiger charge is 2.18. The molecule has 31 heavy (non-hydrogen) atoms. The van der Waals surface area contributed by atoms with Crippen LogP contribution < -0.4 is 10.0 Å². The fourth-order valence-electron chi connectivity index (χ4n) is 3.41. The Bertz CT molecular complexity index is 997. The van der Waals surface area contributed by atoms with Crippen LogP contribution in [-0.2, 0) is 19.6 Å². The molecule has 1 aliphatic rings. The molecule has 1 aliphatic carbocycles. The van der Waals surface area contributed by atoms with Gasteiger partial charge in [0.05, 0.1) is 9.90 Å². The van der Waals surface area contributed by atoms with E-state index < -0.39 is 16.0 Å². The lowest BCUT2D eigenvalue weighted by atomic mass is 9.97. The number of carbonyl (C=O) groups is 2. The summed E-state index contributed by atoms with van der Waals surface area (Å²) in [6, 6.07) is 8.85. The number of sulfonamides is 1. The largest absolute Gasteiger partial charge is 0.452 e. The summed E-state index contributed by atoms with van der Waals surface area (Å²) in [5, 5.41) is 2.94. The molecule has 0 spiro atoms. The minimum atomic E-state index is -3.75. The number of hydrogen-bond acceptors (Lipinski definition) is 6. The van der Waals surface area contributed by atoms with Gasteiger partial charge in [-0.2, -0.15) is 0 Å². The Kier molecular flexibility index (Phi) is 8.34. The molecule has 1 aromatic heterocycles. The highest BCUT2D eigenvalue weighted by atomic mass is 35.5. The predicted molar refractivity (Wildman–Crippen MR) is 121 cm³/mol. The van der Waals surface area contributed by atoms with Crippen molar-refractivity contribution in [2.24, 2.45) is 0 Å². The van der Waals surface area contributed by atoms with Crippen LogP contribution >= 0.6 is 22.9 Å². The first kappa shape index (κ1) is 23.6. The number of benzene rings is 1. The monoisotopic (exact) mass is 484 g/mol. The van der Waals surface area contributed by atoms with Gasteiger partial charge in [0.2, 0.25) is 0 Å². The van der Waals surface area contributed by atoms with E-state index >= 15 is 0 Å². The fourth-order valence-corrected chi connectivity index (χ4v) is 5.95. The summed E-state index contributed by atoms with van der Waals surface area (Å²) in [6.45, 7) is -0.344. The van der Waals surface area contributed by atoms with E-state index in [1.807, 2.05) is 0 Å².